The van der Waals surface area contributed by atoms with Gasteiger partial charge in [-0.1, -0.05) is 0 Å². The first-order chi connectivity index (χ1) is 14.0. The van der Waals surface area contributed by atoms with E-state index in [-0.39, 0.29) is 11.3 Å². The van der Waals surface area contributed by atoms with Gasteiger partial charge in [0.05, 0.1) is 22.6 Å². The van der Waals surface area contributed by atoms with E-state index < -0.39 is 23.3 Å². The van der Waals surface area contributed by atoms with Gasteiger partial charge in [0.2, 0.25) is 11.9 Å². The molecule has 156 valence electrons. The lowest BCUT2D eigenvalue weighted by molar-refractivity contribution is 0.0690. The largest absolute Gasteiger partial charge is 0.477 e. The van der Waals surface area contributed by atoms with Crippen LogP contribution in [0, 0.1) is 18.8 Å². The van der Waals surface area contributed by atoms with Gasteiger partial charge in [-0.15, -0.1) is 0 Å². The van der Waals surface area contributed by atoms with Gasteiger partial charge >= 0.3 is 5.97 Å². The van der Waals surface area contributed by atoms with Gasteiger partial charge in [-0.2, -0.15) is 13.8 Å². The maximum absolute atomic E-state index is 14.3. The van der Waals surface area contributed by atoms with Gasteiger partial charge in [0.15, 0.2) is 0 Å². The molecular formula is C22H22F2N4O2. The zero-order chi connectivity index (χ0) is 22.2. The third-order valence-corrected chi connectivity index (χ3v) is 4.89. The molecule has 3 rings (SSSR count). The Balaban J connectivity index is 2.22. The first-order valence-corrected chi connectivity index (χ1v) is 9.24. The first kappa shape index (κ1) is 21.3. The average molecular weight is 412 g/mol. The molecule has 0 aliphatic carbocycles. The average Bonchev–Trinajstić information content (AvgIpc) is 2.67. The van der Waals surface area contributed by atoms with Gasteiger partial charge in [-0.3, -0.25) is 4.98 Å². The molecule has 3 aromatic rings. The quantitative estimate of drug-likeness (QED) is 0.633. The van der Waals surface area contributed by atoms with Crippen LogP contribution in [-0.4, -0.2) is 40.1 Å². The predicted molar refractivity (Wildman–Crippen MR) is 110 cm³/mol. The van der Waals surface area contributed by atoms with Crippen molar-refractivity contribution in [2.24, 2.45) is 0 Å². The summed E-state index contributed by atoms with van der Waals surface area (Å²) in [7, 11) is 3.67. The number of hydrogen-bond donors (Lipinski definition) is 1. The van der Waals surface area contributed by atoms with Crippen LogP contribution in [0.2, 0.25) is 0 Å². The molecule has 0 saturated heterocycles. The Morgan fingerprint density at radius 3 is 2.27 bits per heavy atom. The summed E-state index contributed by atoms with van der Waals surface area (Å²) in [5.41, 5.74) is 2.09. The lowest BCUT2D eigenvalue weighted by atomic mass is 9.83. The second-order valence-corrected chi connectivity index (χ2v) is 7.81. The fraction of sp³-hybridized carbons (Fsp3) is 0.273. The van der Waals surface area contributed by atoms with Gasteiger partial charge < -0.3 is 10.0 Å². The highest BCUT2D eigenvalue weighted by Gasteiger charge is 2.29. The Bertz CT molecular complexity index is 1130. The lowest BCUT2D eigenvalue weighted by Crippen LogP contribution is -2.24. The predicted octanol–water partition coefficient (Wildman–Crippen LogP) is 4.22. The molecule has 0 amide bonds. The number of halogens is 2. The Hall–Kier alpha value is -3.42. The van der Waals surface area contributed by atoms with Crippen LogP contribution >= 0.6 is 0 Å². The van der Waals surface area contributed by atoms with Crippen molar-refractivity contribution in [3.8, 4) is 11.3 Å². The molecule has 0 atom stereocenters. The van der Waals surface area contributed by atoms with E-state index in [1.807, 2.05) is 38.9 Å². The zero-order valence-electron chi connectivity index (χ0n) is 17.4. The number of carboxylic acid groups (broad SMARTS) is 1. The summed E-state index contributed by atoms with van der Waals surface area (Å²) in [4.78, 5) is 25.5. The van der Waals surface area contributed by atoms with Crippen molar-refractivity contribution in [2.45, 2.75) is 26.2 Å². The van der Waals surface area contributed by atoms with Crippen molar-refractivity contribution in [1.29, 1.82) is 0 Å². The van der Waals surface area contributed by atoms with Crippen molar-refractivity contribution < 1.29 is 18.7 Å². The maximum atomic E-state index is 14.3. The molecule has 0 aromatic carbocycles. The van der Waals surface area contributed by atoms with Crippen LogP contribution < -0.4 is 4.90 Å². The summed E-state index contributed by atoms with van der Waals surface area (Å²) < 4.78 is 27.6. The molecular weight excluding hydrogens is 390 g/mol. The van der Waals surface area contributed by atoms with Crippen LogP contribution in [0.4, 0.5) is 14.5 Å². The standard InChI is InChI=1S/C22H22F2N4O2/c1-12-8-16(21(29)30)26-17(9-12)22(2,3)18-11-13(28(4)5)10-15(25-18)14-6-7-19(23)27-20(14)24/h6-11H,1-5H3,(H,29,30). The van der Waals surface area contributed by atoms with Crippen LogP contribution in [0.1, 0.15) is 41.3 Å². The summed E-state index contributed by atoms with van der Waals surface area (Å²) in [6, 6.07) is 9.19. The minimum Gasteiger partial charge on any atom is -0.477 e. The van der Waals surface area contributed by atoms with E-state index in [4.69, 9.17) is 0 Å². The number of anilines is 1. The molecule has 3 heterocycles. The molecule has 30 heavy (non-hydrogen) atoms. The molecule has 0 fully saturated rings. The van der Waals surface area contributed by atoms with E-state index in [2.05, 4.69) is 15.0 Å². The van der Waals surface area contributed by atoms with Gasteiger partial charge in [0, 0.05) is 25.2 Å². The molecule has 0 aliphatic rings. The first-order valence-electron chi connectivity index (χ1n) is 9.24. The number of carboxylic acids is 1. The smallest absolute Gasteiger partial charge is 0.354 e. The van der Waals surface area contributed by atoms with Crippen molar-refractivity contribution in [3.05, 3.63) is 70.9 Å². The SMILES string of the molecule is Cc1cc(C(=O)O)nc(C(C)(C)c2cc(N(C)C)cc(-c3ccc(F)nc3F)n2)c1. The highest BCUT2D eigenvalue weighted by molar-refractivity contribution is 5.85. The van der Waals surface area contributed by atoms with Crippen molar-refractivity contribution in [3.63, 3.8) is 0 Å². The second kappa shape index (κ2) is 7.78. The summed E-state index contributed by atoms with van der Waals surface area (Å²) in [6.07, 6.45) is 0. The van der Waals surface area contributed by atoms with Crippen LogP contribution in [0.25, 0.3) is 11.3 Å². The molecule has 0 unspecified atom stereocenters. The number of rotatable bonds is 5. The molecule has 3 aromatic heterocycles. The second-order valence-electron chi connectivity index (χ2n) is 7.81. The molecule has 8 heteroatoms. The Kier molecular flexibility index (Phi) is 5.52. The normalized spacial score (nSPS) is 11.4. The molecule has 6 nitrogen and oxygen atoms in total. The van der Waals surface area contributed by atoms with E-state index >= 15 is 0 Å². The number of nitrogens with zero attached hydrogens (tertiary/aromatic N) is 4. The van der Waals surface area contributed by atoms with Crippen LogP contribution in [-0.2, 0) is 5.41 Å². The third kappa shape index (κ3) is 4.12. The highest BCUT2D eigenvalue weighted by atomic mass is 19.1. The number of aromatic carboxylic acids is 1. The van der Waals surface area contributed by atoms with Crippen molar-refractivity contribution in [2.75, 3.05) is 19.0 Å². The van der Waals surface area contributed by atoms with Crippen LogP contribution in [0.15, 0.2) is 36.4 Å². The number of pyridine rings is 3. The van der Waals surface area contributed by atoms with Crippen molar-refractivity contribution >= 4 is 11.7 Å². The summed E-state index contributed by atoms with van der Waals surface area (Å²) in [5, 5.41) is 9.37. The van der Waals surface area contributed by atoms with Gasteiger partial charge in [0.1, 0.15) is 5.69 Å². The minimum atomic E-state index is -1.12. The number of carbonyl (C=O) groups is 1. The Labute approximate surface area is 173 Å². The Morgan fingerprint density at radius 1 is 1.00 bits per heavy atom. The number of hydrogen-bond acceptors (Lipinski definition) is 5. The van der Waals surface area contributed by atoms with Crippen molar-refractivity contribution in [1.82, 2.24) is 15.0 Å². The monoisotopic (exact) mass is 412 g/mol. The fourth-order valence-corrected chi connectivity index (χ4v) is 3.06. The Morgan fingerprint density at radius 2 is 1.67 bits per heavy atom. The van der Waals surface area contributed by atoms with Gasteiger partial charge in [-0.25, -0.2) is 9.78 Å². The topological polar surface area (TPSA) is 79.2 Å². The molecule has 0 spiro atoms. The van der Waals surface area contributed by atoms with Crippen LogP contribution in [0.3, 0.4) is 0 Å². The fourth-order valence-electron chi connectivity index (χ4n) is 3.06. The number of aromatic nitrogens is 3. The number of aryl methyl sites for hydroxylation is 1. The third-order valence-electron chi connectivity index (χ3n) is 4.89. The summed E-state index contributed by atoms with van der Waals surface area (Å²) in [5.74, 6) is -2.99. The molecule has 0 bridgehead atoms. The van der Waals surface area contributed by atoms with E-state index in [0.717, 1.165) is 17.3 Å². The summed E-state index contributed by atoms with van der Waals surface area (Å²) >= 11 is 0. The maximum Gasteiger partial charge on any atom is 0.354 e. The zero-order valence-corrected chi connectivity index (χ0v) is 17.4. The van der Waals surface area contributed by atoms with Gasteiger partial charge in [-0.05, 0) is 62.7 Å². The van der Waals surface area contributed by atoms with Gasteiger partial charge in [0.25, 0.3) is 0 Å². The highest BCUT2D eigenvalue weighted by Crippen LogP contribution is 2.34. The minimum absolute atomic E-state index is 0.0594. The summed E-state index contributed by atoms with van der Waals surface area (Å²) in [6.45, 7) is 5.53. The van der Waals surface area contributed by atoms with E-state index in [1.54, 1.807) is 19.1 Å². The molecule has 0 radical (unpaired) electrons. The van der Waals surface area contributed by atoms with E-state index in [9.17, 15) is 18.7 Å². The lowest BCUT2D eigenvalue weighted by Gasteiger charge is -2.27. The molecule has 0 aliphatic heterocycles. The molecule has 0 saturated carbocycles. The van der Waals surface area contributed by atoms with E-state index in [0.29, 0.717) is 17.1 Å². The van der Waals surface area contributed by atoms with E-state index in [1.165, 1.54) is 12.1 Å². The van der Waals surface area contributed by atoms with Crippen LogP contribution in [0.5, 0.6) is 0 Å². The molecule has 1 N–H and O–H groups in total.